The number of aromatic nitrogens is 3. The van der Waals surface area contributed by atoms with Gasteiger partial charge in [-0.05, 0) is 40.9 Å². The summed E-state index contributed by atoms with van der Waals surface area (Å²) < 4.78 is 0.610. The molecule has 2 aromatic heterocycles. The molecule has 3 aromatic rings. The van der Waals surface area contributed by atoms with Crippen molar-refractivity contribution in [2.75, 3.05) is 6.54 Å². The Morgan fingerprint density at radius 3 is 2.86 bits per heavy atom. The molecule has 1 amide bonds. The normalized spacial score (nSPS) is 10.8. The van der Waals surface area contributed by atoms with Crippen LogP contribution < -0.4 is 5.32 Å². The number of aromatic amines is 1. The van der Waals surface area contributed by atoms with Gasteiger partial charge in [0.15, 0.2) is 0 Å². The van der Waals surface area contributed by atoms with Gasteiger partial charge in [-0.1, -0.05) is 18.2 Å². The number of fused-ring (bicyclic) bond motifs is 1. The lowest BCUT2D eigenvalue weighted by molar-refractivity contribution is 0.0948. The smallest absolute Gasteiger partial charge is 0.271 e. The van der Waals surface area contributed by atoms with Crippen LogP contribution in [0, 0.1) is 6.92 Å². The van der Waals surface area contributed by atoms with E-state index in [1.165, 1.54) is 23.3 Å². The van der Waals surface area contributed by atoms with Gasteiger partial charge in [-0.25, -0.2) is 9.97 Å². The number of hydrogen-bond acceptors (Lipinski definition) is 3. The molecule has 6 heteroatoms. The Bertz CT molecular complexity index is 811. The van der Waals surface area contributed by atoms with E-state index in [-0.39, 0.29) is 5.91 Å². The standard InChI is InChI=1S/C16H15BrN4O/c1-10-11(12-4-2-3-5-13(12)21-10)6-7-18-16(22)14-8-20-15(17)9-19-14/h2-5,8-9,21H,6-7H2,1H3,(H,18,22). The summed E-state index contributed by atoms with van der Waals surface area (Å²) in [6, 6.07) is 8.18. The van der Waals surface area contributed by atoms with E-state index in [0.29, 0.717) is 16.8 Å². The first-order valence-electron chi connectivity index (χ1n) is 6.97. The van der Waals surface area contributed by atoms with Crippen molar-refractivity contribution in [2.45, 2.75) is 13.3 Å². The highest BCUT2D eigenvalue weighted by atomic mass is 79.9. The minimum absolute atomic E-state index is 0.211. The predicted molar refractivity (Wildman–Crippen MR) is 88.8 cm³/mol. The van der Waals surface area contributed by atoms with Crippen LogP contribution in [0.25, 0.3) is 10.9 Å². The van der Waals surface area contributed by atoms with Gasteiger partial charge in [-0.2, -0.15) is 0 Å². The molecule has 0 spiro atoms. The number of amides is 1. The first-order chi connectivity index (χ1) is 10.6. The summed E-state index contributed by atoms with van der Waals surface area (Å²) in [5.41, 5.74) is 3.82. The van der Waals surface area contributed by atoms with E-state index in [1.54, 1.807) is 0 Å². The largest absolute Gasteiger partial charge is 0.358 e. The van der Waals surface area contributed by atoms with E-state index in [2.05, 4.69) is 55.3 Å². The molecule has 0 saturated heterocycles. The number of carbonyl (C=O) groups excluding carboxylic acids is 1. The fourth-order valence-electron chi connectivity index (χ4n) is 2.48. The Balaban J connectivity index is 1.66. The maximum atomic E-state index is 12.0. The van der Waals surface area contributed by atoms with Crippen LogP contribution in [0.3, 0.4) is 0 Å². The summed E-state index contributed by atoms with van der Waals surface area (Å²) in [6.45, 7) is 2.61. The van der Waals surface area contributed by atoms with Crippen LogP contribution in [0.5, 0.6) is 0 Å². The molecule has 2 heterocycles. The van der Waals surface area contributed by atoms with Gasteiger partial charge in [0.25, 0.3) is 5.91 Å². The van der Waals surface area contributed by atoms with E-state index < -0.39 is 0 Å². The van der Waals surface area contributed by atoms with Gasteiger partial charge in [0.1, 0.15) is 10.3 Å². The molecule has 0 bridgehead atoms. The number of halogens is 1. The summed E-state index contributed by atoms with van der Waals surface area (Å²) in [5, 5.41) is 4.08. The minimum Gasteiger partial charge on any atom is -0.358 e. The number of benzene rings is 1. The third kappa shape index (κ3) is 3.01. The lowest BCUT2D eigenvalue weighted by atomic mass is 10.1. The quantitative estimate of drug-likeness (QED) is 0.752. The van der Waals surface area contributed by atoms with E-state index in [1.807, 2.05) is 12.1 Å². The summed E-state index contributed by atoms with van der Waals surface area (Å²) in [4.78, 5) is 23.4. The monoisotopic (exact) mass is 358 g/mol. The number of hydrogen-bond donors (Lipinski definition) is 2. The molecule has 1 aromatic carbocycles. The summed E-state index contributed by atoms with van der Waals surface area (Å²) in [6.07, 6.45) is 3.74. The fraction of sp³-hybridized carbons (Fsp3) is 0.188. The highest BCUT2D eigenvalue weighted by Gasteiger charge is 2.10. The summed E-state index contributed by atoms with van der Waals surface area (Å²) in [5.74, 6) is -0.211. The maximum absolute atomic E-state index is 12.0. The van der Waals surface area contributed by atoms with Gasteiger partial charge in [-0.15, -0.1) is 0 Å². The van der Waals surface area contributed by atoms with E-state index in [0.717, 1.165) is 17.6 Å². The van der Waals surface area contributed by atoms with Gasteiger partial charge >= 0.3 is 0 Å². The van der Waals surface area contributed by atoms with Crippen molar-refractivity contribution in [1.82, 2.24) is 20.3 Å². The van der Waals surface area contributed by atoms with Crippen LogP contribution in [0.4, 0.5) is 0 Å². The number of rotatable bonds is 4. The highest BCUT2D eigenvalue weighted by Crippen LogP contribution is 2.21. The van der Waals surface area contributed by atoms with Gasteiger partial charge in [0.05, 0.1) is 12.4 Å². The Morgan fingerprint density at radius 2 is 2.09 bits per heavy atom. The van der Waals surface area contributed by atoms with Gasteiger partial charge in [0.2, 0.25) is 0 Å². The number of aryl methyl sites for hydroxylation is 1. The Kier molecular flexibility index (Phi) is 4.20. The van der Waals surface area contributed by atoms with Crippen molar-refractivity contribution < 1.29 is 4.79 Å². The lowest BCUT2D eigenvalue weighted by Crippen LogP contribution is -2.26. The maximum Gasteiger partial charge on any atom is 0.271 e. The zero-order valence-corrected chi connectivity index (χ0v) is 13.6. The molecule has 0 saturated carbocycles. The van der Waals surface area contributed by atoms with Crippen LogP contribution in [-0.4, -0.2) is 27.4 Å². The molecule has 22 heavy (non-hydrogen) atoms. The van der Waals surface area contributed by atoms with Crippen molar-refractivity contribution in [2.24, 2.45) is 0 Å². The van der Waals surface area contributed by atoms with Crippen molar-refractivity contribution in [3.05, 3.63) is 58.2 Å². The molecule has 0 aliphatic heterocycles. The van der Waals surface area contributed by atoms with Crippen molar-refractivity contribution in [3.63, 3.8) is 0 Å². The molecule has 2 N–H and O–H groups in total. The number of carbonyl (C=O) groups is 1. The van der Waals surface area contributed by atoms with Crippen LogP contribution in [0.2, 0.25) is 0 Å². The van der Waals surface area contributed by atoms with Crippen LogP contribution in [-0.2, 0) is 6.42 Å². The molecule has 0 fully saturated rings. The second-order valence-electron chi connectivity index (χ2n) is 5.00. The van der Waals surface area contributed by atoms with Crippen LogP contribution in [0.1, 0.15) is 21.7 Å². The van der Waals surface area contributed by atoms with E-state index in [9.17, 15) is 4.79 Å². The zero-order valence-electron chi connectivity index (χ0n) is 12.1. The number of para-hydroxylation sites is 1. The SMILES string of the molecule is Cc1[nH]c2ccccc2c1CCNC(=O)c1cnc(Br)cn1. The van der Waals surface area contributed by atoms with E-state index in [4.69, 9.17) is 0 Å². The first kappa shape index (κ1) is 14.7. The Hall–Kier alpha value is -2.21. The average molecular weight is 359 g/mol. The molecular formula is C16H15BrN4O. The van der Waals surface area contributed by atoms with Crippen LogP contribution in [0.15, 0.2) is 41.3 Å². The average Bonchev–Trinajstić information content (AvgIpc) is 2.84. The molecular weight excluding hydrogens is 344 g/mol. The van der Waals surface area contributed by atoms with Gasteiger partial charge < -0.3 is 10.3 Å². The second kappa shape index (κ2) is 6.27. The topological polar surface area (TPSA) is 70.7 Å². The molecule has 112 valence electrons. The van der Waals surface area contributed by atoms with Crippen molar-refractivity contribution in [1.29, 1.82) is 0 Å². The second-order valence-corrected chi connectivity index (χ2v) is 5.82. The molecule has 3 rings (SSSR count). The number of nitrogens with one attached hydrogen (secondary N) is 2. The zero-order chi connectivity index (χ0) is 15.5. The third-order valence-corrected chi connectivity index (χ3v) is 3.95. The molecule has 0 aliphatic carbocycles. The van der Waals surface area contributed by atoms with Crippen molar-refractivity contribution >= 4 is 32.7 Å². The number of nitrogens with zero attached hydrogens (tertiary/aromatic N) is 2. The van der Waals surface area contributed by atoms with Gasteiger partial charge in [0, 0.05) is 23.1 Å². The third-order valence-electron chi connectivity index (χ3n) is 3.54. The molecule has 0 radical (unpaired) electrons. The molecule has 0 atom stereocenters. The highest BCUT2D eigenvalue weighted by molar-refractivity contribution is 9.10. The van der Waals surface area contributed by atoms with Crippen LogP contribution >= 0.6 is 15.9 Å². The Morgan fingerprint density at radius 1 is 1.27 bits per heavy atom. The summed E-state index contributed by atoms with van der Waals surface area (Å²) in [7, 11) is 0. The first-order valence-corrected chi connectivity index (χ1v) is 7.76. The van der Waals surface area contributed by atoms with E-state index >= 15 is 0 Å². The molecule has 0 aliphatic rings. The Labute approximate surface area is 136 Å². The summed E-state index contributed by atoms with van der Waals surface area (Å²) >= 11 is 3.20. The minimum atomic E-state index is -0.211. The molecule has 5 nitrogen and oxygen atoms in total. The fourth-order valence-corrected chi connectivity index (χ4v) is 2.68. The molecule has 0 unspecified atom stereocenters. The lowest BCUT2D eigenvalue weighted by Gasteiger charge is -2.05. The predicted octanol–water partition coefficient (Wildman–Crippen LogP) is 3.00. The number of H-pyrrole nitrogens is 1. The van der Waals surface area contributed by atoms with Gasteiger partial charge in [-0.3, -0.25) is 4.79 Å². The van der Waals surface area contributed by atoms with Crippen molar-refractivity contribution in [3.8, 4) is 0 Å².